The molecule has 0 radical (unpaired) electrons. The van der Waals surface area contributed by atoms with E-state index in [9.17, 15) is 4.79 Å². The van der Waals surface area contributed by atoms with Crippen molar-refractivity contribution in [3.05, 3.63) is 34.5 Å². The third-order valence-electron chi connectivity index (χ3n) is 2.92. The third-order valence-corrected chi connectivity index (χ3v) is 3.47. The van der Waals surface area contributed by atoms with Gasteiger partial charge in [0.15, 0.2) is 0 Å². The van der Waals surface area contributed by atoms with Crippen LogP contribution in [0.5, 0.6) is 0 Å². The average molecular weight is 372 g/mol. The summed E-state index contributed by atoms with van der Waals surface area (Å²) < 4.78 is 12.4. The van der Waals surface area contributed by atoms with E-state index in [1.54, 1.807) is 11.0 Å². The average Bonchev–Trinajstić information content (AvgIpc) is 2.44. The fourth-order valence-electron chi connectivity index (χ4n) is 2.09. The minimum Gasteiger partial charge on any atom is -0.486 e. The Bertz CT molecular complexity index is 512. The van der Waals surface area contributed by atoms with E-state index in [2.05, 4.69) is 22.5 Å². The first-order chi connectivity index (χ1) is 9.93. The molecule has 0 aliphatic carbocycles. The van der Waals surface area contributed by atoms with Gasteiger partial charge >= 0.3 is 6.09 Å². The monoisotopic (exact) mass is 371 g/mol. The maximum atomic E-state index is 12.4. The van der Waals surface area contributed by atoms with Crippen molar-refractivity contribution in [1.82, 2.24) is 4.90 Å². The van der Waals surface area contributed by atoms with Gasteiger partial charge in [-0.1, -0.05) is 28.6 Å². The van der Waals surface area contributed by atoms with Crippen molar-refractivity contribution in [2.45, 2.75) is 52.7 Å². The Hall–Kier alpha value is -1.23. The molecule has 0 unspecified atom stereocenters. The lowest BCUT2D eigenvalue weighted by Gasteiger charge is -2.31. The number of allylic oxidation sites excluding steroid dienone is 3. The molecule has 5 heteroatoms. The molecule has 0 atom stereocenters. The second-order valence-electron chi connectivity index (χ2n) is 7.08. The van der Waals surface area contributed by atoms with Crippen molar-refractivity contribution in [3.63, 3.8) is 0 Å². The maximum absolute atomic E-state index is 12.4. The zero-order valence-corrected chi connectivity index (χ0v) is 15.9. The molecular formula is C17H26BrNO3. The van der Waals surface area contributed by atoms with Crippen LogP contribution in [0.4, 0.5) is 4.79 Å². The topological polar surface area (TPSA) is 38.8 Å². The largest absolute Gasteiger partial charge is 0.486 e. The summed E-state index contributed by atoms with van der Waals surface area (Å²) in [6.45, 7) is 16.1. The molecule has 124 valence electrons. The fourth-order valence-corrected chi connectivity index (χ4v) is 2.30. The summed E-state index contributed by atoms with van der Waals surface area (Å²) in [6.07, 6.45) is 3.26. The molecular weight excluding hydrogens is 346 g/mol. The number of halogens is 1. The van der Waals surface area contributed by atoms with E-state index in [4.69, 9.17) is 9.47 Å². The zero-order valence-electron chi connectivity index (χ0n) is 14.3. The predicted molar refractivity (Wildman–Crippen MR) is 92.9 cm³/mol. The van der Waals surface area contributed by atoms with Gasteiger partial charge in [0.05, 0.1) is 6.54 Å². The minimum absolute atomic E-state index is 0.323. The summed E-state index contributed by atoms with van der Waals surface area (Å²) in [6, 6.07) is 0. The van der Waals surface area contributed by atoms with Crippen molar-refractivity contribution in [1.29, 1.82) is 0 Å². The van der Waals surface area contributed by atoms with Crippen LogP contribution in [0.2, 0.25) is 0 Å². The van der Waals surface area contributed by atoms with Gasteiger partial charge in [-0.2, -0.15) is 0 Å². The van der Waals surface area contributed by atoms with E-state index >= 15 is 0 Å². The highest BCUT2D eigenvalue weighted by molar-refractivity contribution is 9.11. The molecule has 0 bridgehead atoms. The molecule has 0 saturated heterocycles. The number of carbonyl (C=O) groups is 1. The second kappa shape index (κ2) is 6.90. The van der Waals surface area contributed by atoms with Gasteiger partial charge in [-0.15, -0.1) is 0 Å². The van der Waals surface area contributed by atoms with Crippen LogP contribution in [0.1, 0.15) is 41.5 Å². The summed E-state index contributed by atoms with van der Waals surface area (Å²) in [5.41, 5.74) is -0.0505. The first kappa shape index (κ1) is 18.8. The lowest BCUT2D eigenvalue weighted by atomic mass is 10.1. The van der Waals surface area contributed by atoms with E-state index in [1.807, 2.05) is 47.6 Å². The van der Waals surface area contributed by atoms with Gasteiger partial charge in [0.25, 0.3) is 0 Å². The standard InChI is InChI=1S/C17H26BrNO3/c1-8-13(18)9-14-12(2)10-19(11-17(6,7)21-14)15(20)22-16(3,4)5/h8-9H,1,10-11H2,2-7H3/b13-9+. The van der Waals surface area contributed by atoms with E-state index in [0.717, 1.165) is 15.8 Å². The first-order valence-electron chi connectivity index (χ1n) is 7.30. The summed E-state index contributed by atoms with van der Waals surface area (Å²) in [4.78, 5) is 14.1. The van der Waals surface area contributed by atoms with E-state index in [-0.39, 0.29) is 6.09 Å². The molecule has 0 fully saturated rings. The minimum atomic E-state index is -0.513. The number of amides is 1. The highest BCUT2D eigenvalue weighted by Crippen LogP contribution is 2.27. The van der Waals surface area contributed by atoms with Gasteiger partial charge in [0.1, 0.15) is 17.0 Å². The van der Waals surface area contributed by atoms with Crippen LogP contribution in [0.15, 0.2) is 34.5 Å². The van der Waals surface area contributed by atoms with Crippen LogP contribution in [0.3, 0.4) is 0 Å². The molecule has 1 aliphatic heterocycles. The Morgan fingerprint density at radius 3 is 2.55 bits per heavy atom. The summed E-state index contributed by atoms with van der Waals surface area (Å²) in [7, 11) is 0. The Morgan fingerprint density at radius 1 is 1.45 bits per heavy atom. The van der Waals surface area contributed by atoms with Gasteiger partial charge in [-0.25, -0.2) is 4.79 Å². The molecule has 22 heavy (non-hydrogen) atoms. The number of rotatable bonds is 2. The van der Waals surface area contributed by atoms with Crippen molar-refractivity contribution < 1.29 is 14.3 Å². The molecule has 1 amide bonds. The lowest BCUT2D eigenvalue weighted by Crippen LogP contribution is -2.44. The lowest BCUT2D eigenvalue weighted by molar-refractivity contribution is -0.00475. The summed E-state index contributed by atoms with van der Waals surface area (Å²) in [5, 5.41) is 0. The highest BCUT2D eigenvalue weighted by Gasteiger charge is 2.33. The number of ether oxygens (including phenoxy) is 2. The molecule has 0 saturated carbocycles. The van der Waals surface area contributed by atoms with Crippen molar-refractivity contribution in [2.24, 2.45) is 0 Å². The molecule has 0 N–H and O–H groups in total. The van der Waals surface area contributed by atoms with Crippen LogP contribution < -0.4 is 0 Å². The van der Waals surface area contributed by atoms with Gasteiger partial charge < -0.3 is 14.4 Å². The van der Waals surface area contributed by atoms with Gasteiger partial charge in [-0.05, 0) is 53.2 Å². The van der Waals surface area contributed by atoms with Crippen LogP contribution in [-0.4, -0.2) is 35.3 Å². The zero-order chi connectivity index (χ0) is 17.1. The maximum Gasteiger partial charge on any atom is 0.410 e. The van der Waals surface area contributed by atoms with Gasteiger partial charge in [0, 0.05) is 11.0 Å². The van der Waals surface area contributed by atoms with Crippen LogP contribution in [0.25, 0.3) is 0 Å². The molecule has 0 aromatic carbocycles. The molecule has 0 aromatic rings. The number of nitrogens with zero attached hydrogens (tertiary/aromatic N) is 1. The molecule has 1 aliphatic rings. The molecule has 1 heterocycles. The van der Waals surface area contributed by atoms with Crippen LogP contribution >= 0.6 is 15.9 Å². The van der Waals surface area contributed by atoms with E-state index < -0.39 is 11.2 Å². The quantitative estimate of drug-likeness (QED) is 0.656. The van der Waals surface area contributed by atoms with Crippen molar-refractivity contribution in [3.8, 4) is 0 Å². The number of carbonyl (C=O) groups excluding carboxylic acids is 1. The van der Waals surface area contributed by atoms with E-state index in [0.29, 0.717) is 13.1 Å². The molecule has 4 nitrogen and oxygen atoms in total. The number of hydrogen-bond donors (Lipinski definition) is 0. The van der Waals surface area contributed by atoms with Crippen LogP contribution in [0, 0.1) is 0 Å². The SMILES string of the molecule is C=C/C(Br)=C\C1=C(C)CN(C(=O)OC(C)(C)C)CC(C)(C)O1. The first-order valence-corrected chi connectivity index (χ1v) is 8.09. The normalized spacial score (nSPS) is 19.4. The molecule has 0 aromatic heterocycles. The highest BCUT2D eigenvalue weighted by atomic mass is 79.9. The Morgan fingerprint density at radius 2 is 2.05 bits per heavy atom. The van der Waals surface area contributed by atoms with Gasteiger partial charge in [-0.3, -0.25) is 0 Å². The second-order valence-corrected chi connectivity index (χ2v) is 7.99. The van der Waals surface area contributed by atoms with E-state index in [1.165, 1.54) is 0 Å². The predicted octanol–water partition coefficient (Wildman–Crippen LogP) is 4.77. The molecule has 1 rings (SSSR count). The van der Waals surface area contributed by atoms with Crippen molar-refractivity contribution in [2.75, 3.05) is 13.1 Å². The van der Waals surface area contributed by atoms with Crippen LogP contribution in [-0.2, 0) is 9.47 Å². The van der Waals surface area contributed by atoms with Gasteiger partial charge in [0.2, 0.25) is 0 Å². The number of hydrogen-bond acceptors (Lipinski definition) is 3. The van der Waals surface area contributed by atoms with Crippen molar-refractivity contribution >= 4 is 22.0 Å². The summed E-state index contributed by atoms with van der Waals surface area (Å²) >= 11 is 3.41. The Kier molecular flexibility index (Phi) is 5.90. The Balaban J connectivity index is 3.07. The summed E-state index contributed by atoms with van der Waals surface area (Å²) in [5.74, 6) is 0.753. The fraction of sp³-hybridized carbons (Fsp3) is 0.588. The Labute approximate surface area is 142 Å². The third kappa shape index (κ3) is 5.87. The molecule has 0 spiro atoms. The smallest absolute Gasteiger partial charge is 0.410 e.